The molecule has 85 heavy (non-hydrogen) atoms. The van der Waals surface area contributed by atoms with E-state index in [1.807, 2.05) is 61.5 Å². The smallest absolute Gasteiger partial charge is 0.246 e. The summed E-state index contributed by atoms with van der Waals surface area (Å²) in [6, 6.07) is -11.0. The van der Waals surface area contributed by atoms with Gasteiger partial charge in [-0.2, -0.15) is 0 Å². The van der Waals surface area contributed by atoms with E-state index in [4.69, 9.17) is 0 Å². The van der Waals surface area contributed by atoms with E-state index in [1.165, 1.54) is 80.8 Å². The fraction of sp³-hybridized carbons (Fsp3) is 0.790. The molecule has 1 fully saturated rings. The SMILES string of the molecule is C/C=C/CC(C)[C@@H](O)C1C(=O)N[C@H](CC)C(=O)N(C)CC(=O)N(C)[C@H](CCC(C)C)C(=O)N[C@H](C(C)C)C(=O)N(C)[C@H](CC(C)C)C(=O)N[C@H](C)C(=O)NCC(=O)N(C)[C@H](CC(C)C)C(=O)N(C)[C@H](CC(C)C)C(=O)N(C)[C@H](C(C)C)C(=O)N1C. The topological polar surface area (TPSA) is 279 Å². The van der Waals surface area contributed by atoms with Gasteiger partial charge in [0.25, 0.3) is 0 Å². The predicted molar refractivity (Wildman–Crippen MR) is 328 cm³/mol. The molecule has 23 heteroatoms. The Morgan fingerprint density at radius 2 is 0.976 bits per heavy atom. The average molecular weight is 1200 g/mol. The molecule has 1 heterocycles. The predicted octanol–water partition coefficient (Wildman–Crippen LogP) is 3.27. The largest absolute Gasteiger partial charge is 0.390 e. The summed E-state index contributed by atoms with van der Waals surface area (Å²) in [5.74, 6) is -9.40. The molecule has 2 unspecified atom stereocenters. The van der Waals surface area contributed by atoms with Crippen LogP contribution in [0.15, 0.2) is 12.2 Å². The van der Waals surface area contributed by atoms with Crippen LogP contribution in [0, 0.1) is 41.4 Å². The molecule has 0 spiro atoms. The summed E-state index contributed by atoms with van der Waals surface area (Å²) in [6.45, 7) is 27.5. The van der Waals surface area contributed by atoms with Gasteiger partial charge in [0.2, 0.25) is 65.0 Å². The van der Waals surface area contributed by atoms with E-state index in [-0.39, 0.29) is 55.8 Å². The van der Waals surface area contributed by atoms with Gasteiger partial charge in [-0.15, -0.1) is 0 Å². The lowest BCUT2D eigenvalue weighted by Crippen LogP contribution is -2.63. The van der Waals surface area contributed by atoms with Crippen molar-refractivity contribution in [3.8, 4) is 0 Å². The Morgan fingerprint density at radius 3 is 1.46 bits per heavy atom. The first kappa shape index (κ1) is 76.9. The summed E-state index contributed by atoms with van der Waals surface area (Å²) in [7, 11) is 9.92. The van der Waals surface area contributed by atoms with Crippen LogP contribution >= 0.6 is 0 Å². The number of nitrogens with zero attached hydrogens (tertiary/aromatic N) is 7. The van der Waals surface area contributed by atoms with E-state index < -0.39 is 156 Å². The summed E-state index contributed by atoms with van der Waals surface area (Å²) >= 11 is 0. The number of rotatable bonds is 16. The van der Waals surface area contributed by atoms with Crippen molar-refractivity contribution < 1.29 is 57.8 Å². The van der Waals surface area contributed by atoms with Crippen molar-refractivity contribution in [1.82, 2.24) is 55.6 Å². The zero-order valence-corrected chi connectivity index (χ0v) is 55.9. The average Bonchev–Trinajstić information content (AvgIpc) is 3.56. The first-order valence-electron chi connectivity index (χ1n) is 30.6. The van der Waals surface area contributed by atoms with Gasteiger partial charge in [-0.25, -0.2) is 0 Å². The van der Waals surface area contributed by atoms with Crippen LogP contribution in [0.5, 0.6) is 0 Å². The summed E-state index contributed by atoms with van der Waals surface area (Å²) in [5, 5.41) is 23.0. The maximum Gasteiger partial charge on any atom is 0.246 e. The third-order valence-electron chi connectivity index (χ3n) is 16.1. The van der Waals surface area contributed by atoms with Crippen LogP contribution in [0.3, 0.4) is 0 Å². The number of aliphatic hydroxyl groups excluding tert-OH is 1. The van der Waals surface area contributed by atoms with Gasteiger partial charge in [-0.3, -0.25) is 52.7 Å². The maximum absolute atomic E-state index is 15.1. The first-order valence-corrected chi connectivity index (χ1v) is 30.6. The van der Waals surface area contributed by atoms with Gasteiger partial charge >= 0.3 is 0 Å². The van der Waals surface area contributed by atoms with E-state index in [0.29, 0.717) is 12.8 Å². The second kappa shape index (κ2) is 35.5. The highest BCUT2D eigenvalue weighted by Crippen LogP contribution is 2.25. The zero-order valence-electron chi connectivity index (χ0n) is 55.9. The van der Waals surface area contributed by atoms with E-state index in [1.54, 1.807) is 54.5 Å². The number of allylic oxidation sites excluding steroid dienone is 2. The molecule has 0 radical (unpaired) electrons. The van der Waals surface area contributed by atoms with Crippen LogP contribution in [0.25, 0.3) is 0 Å². The number of nitrogens with one attached hydrogen (secondary N) is 4. The molecule has 11 amide bonds. The highest BCUT2D eigenvalue weighted by molar-refractivity contribution is 5.99. The monoisotopic (exact) mass is 1200 g/mol. The summed E-state index contributed by atoms with van der Waals surface area (Å²) < 4.78 is 0. The molecule has 0 aromatic carbocycles. The minimum atomic E-state index is -1.61. The van der Waals surface area contributed by atoms with Crippen molar-refractivity contribution in [1.29, 1.82) is 0 Å². The van der Waals surface area contributed by atoms with Crippen LogP contribution in [-0.2, 0) is 52.7 Å². The Labute approximate surface area is 508 Å². The van der Waals surface area contributed by atoms with Crippen LogP contribution in [0.4, 0.5) is 0 Å². The van der Waals surface area contributed by atoms with Gasteiger partial charge in [0.15, 0.2) is 0 Å². The van der Waals surface area contributed by atoms with E-state index >= 15 is 9.59 Å². The second-order valence-corrected chi connectivity index (χ2v) is 26.0. The normalized spacial score (nSPS) is 26.0. The third-order valence-corrected chi connectivity index (χ3v) is 16.1. The standard InChI is InChI=1S/C62H111N11O12/c1-24-26-27-41(15)53(76)52-57(80)65-43(25-2)58(81)67(17)34-49(75)68(18)44(29-28-35(3)4)55(78)66-50(39(11)12)61(84)70(20)45(30-36(5)6)56(79)64-42(16)54(77)63-33-48(74)69(19)46(31-37(7)8)59(82)71(21)47(32-38(9)10)60(83)72(22)51(40(13)14)62(85)73(52)23/h24,26,35-47,50-53,76H,25,27-34H2,1-23H3,(H,63,77)(H,64,79)(H,65,80)(H,66,78)/b26-24+/t41?,42-,43-,44-,45-,46-,47-,50-,51-,52?,53-/m1/s1. The van der Waals surface area contributed by atoms with E-state index in [0.717, 1.165) is 9.80 Å². The van der Waals surface area contributed by atoms with Crippen molar-refractivity contribution in [2.45, 2.75) is 216 Å². The van der Waals surface area contributed by atoms with Crippen LogP contribution in [-0.4, -0.2) is 227 Å². The minimum absolute atomic E-state index is 0.0249. The Morgan fingerprint density at radius 1 is 0.506 bits per heavy atom. The van der Waals surface area contributed by atoms with E-state index in [2.05, 4.69) is 21.3 Å². The molecule has 0 aromatic heterocycles. The Hall–Kier alpha value is -6.13. The molecule has 0 aliphatic carbocycles. The Bertz CT molecular complexity index is 2310. The molecule has 486 valence electrons. The highest BCUT2D eigenvalue weighted by atomic mass is 16.3. The van der Waals surface area contributed by atoms with Crippen molar-refractivity contribution in [2.75, 3.05) is 62.4 Å². The van der Waals surface area contributed by atoms with Crippen molar-refractivity contribution in [3.05, 3.63) is 12.2 Å². The fourth-order valence-corrected chi connectivity index (χ4v) is 10.5. The number of likely N-dealkylation sites (N-methyl/N-ethyl adjacent to an activating group) is 7. The number of aliphatic hydroxyl groups is 1. The second-order valence-electron chi connectivity index (χ2n) is 26.0. The Balaban J connectivity index is 4.29. The van der Waals surface area contributed by atoms with E-state index in [9.17, 15) is 48.3 Å². The number of carbonyl (C=O) groups excluding carboxylic acids is 11. The fourth-order valence-electron chi connectivity index (χ4n) is 10.5. The van der Waals surface area contributed by atoms with Gasteiger partial charge in [-0.05, 0) is 100 Å². The molecule has 1 aliphatic rings. The van der Waals surface area contributed by atoms with Crippen LogP contribution in [0.1, 0.15) is 156 Å². The highest BCUT2D eigenvalue weighted by Gasteiger charge is 2.45. The van der Waals surface area contributed by atoms with Crippen LogP contribution in [0.2, 0.25) is 0 Å². The lowest BCUT2D eigenvalue weighted by atomic mass is 9.91. The van der Waals surface area contributed by atoms with Crippen molar-refractivity contribution in [3.63, 3.8) is 0 Å². The minimum Gasteiger partial charge on any atom is -0.390 e. The molecule has 1 aliphatic heterocycles. The van der Waals surface area contributed by atoms with Gasteiger partial charge in [0.1, 0.15) is 54.4 Å². The maximum atomic E-state index is 15.1. The molecule has 23 nitrogen and oxygen atoms in total. The molecule has 0 saturated carbocycles. The summed E-state index contributed by atoms with van der Waals surface area (Å²) in [4.78, 5) is 168. The van der Waals surface area contributed by atoms with Gasteiger partial charge in [-0.1, -0.05) is 109 Å². The number of amides is 11. The molecule has 5 N–H and O–H groups in total. The van der Waals surface area contributed by atoms with Gasteiger partial charge in [0, 0.05) is 49.3 Å². The number of hydrogen-bond acceptors (Lipinski definition) is 12. The molecule has 0 aromatic rings. The van der Waals surface area contributed by atoms with Crippen molar-refractivity contribution >= 4 is 65.0 Å². The molecule has 1 rings (SSSR count). The van der Waals surface area contributed by atoms with Crippen LogP contribution < -0.4 is 21.3 Å². The number of hydrogen-bond donors (Lipinski definition) is 5. The lowest BCUT2D eigenvalue weighted by molar-refractivity contribution is -0.157. The quantitative estimate of drug-likeness (QED) is 0.139. The lowest BCUT2D eigenvalue weighted by Gasteiger charge is -2.41. The molecule has 11 atom stereocenters. The first-order chi connectivity index (χ1) is 39.3. The number of carbonyl (C=O) groups is 11. The van der Waals surface area contributed by atoms with Gasteiger partial charge < -0.3 is 60.7 Å². The van der Waals surface area contributed by atoms with Crippen molar-refractivity contribution in [2.24, 2.45) is 41.4 Å². The molecular weight excluding hydrogens is 1090 g/mol. The molecule has 0 bridgehead atoms. The zero-order chi connectivity index (χ0) is 65.8. The molecule has 1 saturated heterocycles. The Kier molecular flexibility index (Phi) is 32.1. The van der Waals surface area contributed by atoms with Gasteiger partial charge in [0.05, 0.1) is 19.2 Å². The third kappa shape index (κ3) is 22.3. The summed E-state index contributed by atoms with van der Waals surface area (Å²) in [6.07, 6.45) is 3.59. The summed E-state index contributed by atoms with van der Waals surface area (Å²) in [5.41, 5.74) is 0. The molecular formula is C62H111N11O12.